The van der Waals surface area contributed by atoms with Crippen LogP contribution in [0.2, 0.25) is 0 Å². The average Bonchev–Trinajstić information content (AvgIpc) is 2.57. The Balaban J connectivity index is 2.13. The highest BCUT2D eigenvalue weighted by atomic mass is 79.9. The molecular formula is C17H16BrNO4. The molecule has 0 bridgehead atoms. The lowest BCUT2D eigenvalue weighted by molar-refractivity contribution is 0.0602. The monoisotopic (exact) mass is 377 g/mol. The van der Waals surface area contributed by atoms with E-state index in [-0.39, 0.29) is 12.2 Å². The standard InChI is InChI=1S/C17H16BrNO4/c1-11-14(18)9-8-13(16(20)22-2)15(11)19-17(21)23-10-12-6-4-3-5-7-12/h3-9H,10H2,1-2H3,(H,19,21). The van der Waals surface area contributed by atoms with Crippen LogP contribution in [0, 0.1) is 6.92 Å². The summed E-state index contributed by atoms with van der Waals surface area (Å²) in [4.78, 5) is 23.8. The largest absolute Gasteiger partial charge is 0.465 e. The summed E-state index contributed by atoms with van der Waals surface area (Å²) in [5, 5.41) is 2.61. The maximum absolute atomic E-state index is 12.0. The lowest BCUT2D eigenvalue weighted by atomic mass is 10.1. The zero-order valence-electron chi connectivity index (χ0n) is 12.8. The summed E-state index contributed by atoms with van der Waals surface area (Å²) in [6.07, 6.45) is -0.639. The number of carbonyl (C=O) groups is 2. The van der Waals surface area contributed by atoms with E-state index in [9.17, 15) is 9.59 Å². The van der Waals surface area contributed by atoms with E-state index in [2.05, 4.69) is 21.2 Å². The van der Waals surface area contributed by atoms with Gasteiger partial charge >= 0.3 is 12.1 Å². The third-order valence-corrected chi connectivity index (χ3v) is 4.10. The molecule has 0 saturated carbocycles. The topological polar surface area (TPSA) is 64.6 Å². The second kappa shape index (κ2) is 7.78. The first-order valence-electron chi connectivity index (χ1n) is 6.88. The van der Waals surface area contributed by atoms with E-state index in [1.807, 2.05) is 30.3 Å². The fourth-order valence-corrected chi connectivity index (χ4v) is 2.32. The van der Waals surface area contributed by atoms with Crippen molar-refractivity contribution in [3.05, 3.63) is 63.6 Å². The number of amides is 1. The van der Waals surface area contributed by atoms with Crippen LogP contribution in [-0.4, -0.2) is 19.2 Å². The van der Waals surface area contributed by atoms with Gasteiger partial charge in [-0.15, -0.1) is 0 Å². The number of anilines is 1. The molecule has 6 heteroatoms. The second-order valence-electron chi connectivity index (χ2n) is 4.77. The average molecular weight is 378 g/mol. The molecule has 120 valence electrons. The van der Waals surface area contributed by atoms with Crippen LogP contribution in [0.25, 0.3) is 0 Å². The van der Waals surface area contributed by atoms with Crippen LogP contribution in [0.3, 0.4) is 0 Å². The molecule has 2 aromatic rings. The minimum atomic E-state index is -0.639. The Hall–Kier alpha value is -2.34. The van der Waals surface area contributed by atoms with Gasteiger partial charge in [0.05, 0.1) is 18.4 Å². The molecule has 0 aliphatic carbocycles. The summed E-state index contributed by atoms with van der Waals surface area (Å²) >= 11 is 3.37. The molecule has 2 rings (SSSR count). The number of hydrogen-bond acceptors (Lipinski definition) is 4. The van der Waals surface area contributed by atoms with Gasteiger partial charge < -0.3 is 9.47 Å². The first kappa shape index (κ1) is 17.0. The molecule has 0 aliphatic heterocycles. The molecule has 23 heavy (non-hydrogen) atoms. The maximum atomic E-state index is 12.0. The predicted octanol–water partition coefficient (Wildman–Crippen LogP) is 4.29. The Kier molecular flexibility index (Phi) is 5.76. The van der Waals surface area contributed by atoms with Gasteiger partial charge in [0.25, 0.3) is 0 Å². The third-order valence-electron chi connectivity index (χ3n) is 3.24. The summed E-state index contributed by atoms with van der Waals surface area (Å²) in [7, 11) is 1.29. The number of esters is 1. The number of rotatable bonds is 4. The summed E-state index contributed by atoms with van der Waals surface area (Å²) in [6, 6.07) is 12.6. The van der Waals surface area contributed by atoms with Gasteiger partial charge in [-0.05, 0) is 30.2 Å². The smallest absolute Gasteiger partial charge is 0.411 e. The van der Waals surface area contributed by atoms with E-state index >= 15 is 0 Å². The van der Waals surface area contributed by atoms with Crippen molar-refractivity contribution in [1.82, 2.24) is 0 Å². The number of carbonyl (C=O) groups excluding carboxylic acids is 2. The number of methoxy groups -OCH3 is 1. The highest BCUT2D eigenvalue weighted by molar-refractivity contribution is 9.10. The Morgan fingerprint density at radius 3 is 2.48 bits per heavy atom. The fraction of sp³-hybridized carbons (Fsp3) is 0.176. The molecule has 1 N–H and O–H groups in total. The van der Waals surface area contributed by atoms with E-state index in [0.717, 1.165) is 10.0 Å². The SMILES string of the molecule is COC(=O)c1ccc(Br)c(C)c1NC(=O)OCc1ccccc1. The second-order valence-corrected chi connectivity index (χ2v) is 5.63. The van der Waals surface area contributed by atoms with Crippen molar-refractivity contribution in [2.75, 3.05) is 12.4 Å². The minimum Gasteiger partial charge on any atom is -0.465 e. The van der Waals surface area contributed by atoms with Gasteiger partial charge in [0.1, 0.15) is 6.61 Å². The summed E-state index contributed by atoms with van der Waals surface area (Å²) in [6.45, 7) is 1.93. The van der Waals surface area contributed by atoms with Gasteiger partial charge in [-0.2, -0.15) is 0 Å². The van der Waals surface area contributed by atoms with E-state index in [0.29, 0.717) is 11.3 Å². The van der Waals surface area contributed by atoms with Crippen LogP contribution in [-0.2, 0) is 16.1 Å². The number of hydrogen-bond donors (Lipinski definition) is 1. The molecule has 0 fully saturated rings. The first-order valence-corrected chi connectivity index (χ1v) is 7.67. The van der Waals surface area contributed by atoms with Crippen molar-refractivity contribution in [3.63, 3.8) is 0 Å². The Morgan fingerprint density at radius 2 is 1.83 bits per heavy atom. The molecule has 0 atom stereocenters. The summed E-state index contributed by atoms with van der Waals surface area (Å²) in [5.41, 5.74) is 2.22. The first-order chi connectivity index (χ1) is 11.0. The van der Waals surface area contributed by atoms with Gasteiger partial charge in [0.15, 0.2) is 0 Å². The van der Waals surface area contributed by atoms with Crippen molar-refractivity contribution >= 4 is 33.7 Å². The third kappa shape index (κ3) is 4.32. The molecule has 0 saturated heterocycles. The lowest BCUT2D eigenvalue weighted by Crippen LogP contribution is -2.17. The molecule has 0 spiro atoms. The molecule has 5 nitrogen and oxygen atoms in total. The molecule has 0 unspecified atom stereocenters. The zero-order valence-corrected chi connectivity index (χ0v) is 14.3. The normalized spacial score (nSPS) is 10.0. The van der Waals surface area contributed by atoms with Crippen molar-refractivity contribution in [1.29, 1.82) is 0 Å². The van der Waals surface area contributed by atoms with Gasteiger partial charge in [-0.3, -0.25) is 5.32 Å². The molecule has 0 aliphatic rings. The van der Waals surface area contributed by atoms with Crippen molar-refractivity contribution in [2.24, 2.45) is 0 Å². The summed E-state index contributed by atoms with van der Waals surface area (Å²) < 4.78 is 10.7. The van der Waals surface area contributed by atoms with Gasteiger partial charge in [-0.1, -0.05) is 46.3 Å². The van der Waals surface area contributed by atoms with E-state index in [1.54, 1.807) is 19.1 Å². The van der Waals surface area contributed by atoms with E-state index < -0.39 is 12.1 Å². The van der Waals surface area contributed by atoms with Gasteiger partial charge in [-0.25, -0.2) is 9.59 Å². The van der Waals surface area contributed by atoms with E-state index in [1.165, 1.54) is 7.11 Å². The maximum Gasteiger partial charge on any atom is 0.411 e. The van der Waals surface area contributed by atoms with Gasteiger partial charge in [0, 0.05) is 4.47 Å². The predicted molar refractivity (Wildman–Crippen MR) is 90.5 cm³/mol. The Morgan fingerprint density at radius 1 is 1.13 bits per heavy atom. The fourth-order valence-electron chi connectivity index (χ4n) is 1.99. The highest BCUT2D eigenvalue weighted by Crippen LogP contribution is 2.28. The molecule has 1 amide bonds. The van der Waals surface area contributed by atoms with Crippen LogP contribution >= 0.6 is 15.9 Å². The van der Waals surface area contributed by atoms with Crippen LogP contribution in [0.15, 0.2) is 46.9 Å². The van der Waals surface area contributed by atoms with Crippen LogP contribution in [0.4, 0.5) is 10.5 Å². The molecule has 0 aromatic heterocycles. The quantitative estimate of drug-likeness (QED) is 0.806. The van der Waals surface area contributed by atoms with Gasteiger partial charge in [0.2, 0.25) is 0 Å². The number of ether oxygens (including phenoxy) is 2. The zero-order chi connectivity index (χ0) is 16.8. The Bertz CT molecular complexity index is 716. The van der Waals surface area contributed by atoms with Crippen LogP contribution in [0.1, 0.15) is 21.5 Å². The summed E-state index contributed by atoms with van der Waals surface area (Å²) in [5.74, 6) is -0.529. The van der Waals surface area contributed by atoms with Crippen molar-refractivity contribution in [3.8, 4) is 0 Å². The highest BCUT2D eigenvalue weighted by Gasteiger charge is 2.18. The van der Waals surface area contributed by atoms with Crippen LogP contribution in [0.5, 0.6) is 0 Å². The Labute approximate surface area is 142 Å². The lowest BCUT2D eigenvalue weighted by Gasteiger charge is -2.14. The molecule has 2 aromatic carbocycles. The van der Waals surface area contributed by atoms with Crippen LogP contribution < -0.4 is 5.32 Å². The van der Waals surface area contributed by atoms with Crippen molar-refractivity contribution in [2.45, 2.75) is 13.5 Å². The molecule has 0 heterocycles. The van der Waals surface area contributed by atoms with Crippen molar-refractivity contribution < 1.29 is 19.1 Å². The number of benzene rings is 2. The minimum absolute atomic E-state index is 0.146. The molecule has 0 radical (unpaired) electrons. The number of halogens is 1. The van der Waals surface area contributed by atoms with E-state index in [4.69, 9.17) is 9.47 Å². The molecular weight excluding hydrogens is 362 g/mol. The number of nitrogens with one attached hydrogen (secondary N) is 1.